The van der Waals surface area contributed by atoms with Gasteiger partial charge in [-0.05, 0) is 0 Å². The van der Waals surface area contributed by atoms with Gasteiger partial charge in [-0.15, -0.1) is 0 Å². The maximum atomic E-state index is 11.5. The zero-order valence-corrected chi connectivity index (χ0v) is 7.27. The average molecular weight is 195 g/mol. The van der Waals surface area contributed by atoms with E-state index in [1.165, 1.54) is 0 Å². The lowest BCUT2D eigenvalue weighted by molar-refractivity contribution is -0.131. The molecule has 0 aliphatic carbocycles. The third-order valence-electron chi connectivity index (χ3n) is 3.24. The standard InChI is InChI=1S/C9H9NO4/c11-3-9-2-1-4(14-9)5-6(9)8(13)10-7(5)12/h1-2,4-6,11H,3H2,(H,10,12,13)/t4-,5-,6+,9-/m0/s1. The van der Waals surface area contributed by atoms with Gasteiger partial charge in [-0.1, -0.05) is 12.2 Å². The number of imide groups is 1. The Morgan fingerprint density at radius 2 is 2.29 bits per heavy atom. The lowest BCUT2D eigenvalue weighted by Gasteiger charge is -2.24. The number of amides is 2. The largest absolute Gasteiger partial charge is 0.393 e. The summed E-state index contributed by atoms with van der Waals surface area (Å²) in [5.41, 5.74) is -0.953. The fraction of sp³-hybridized carbons (Fsp3) is 0.556. The second-order valence-corrected chi connectivity index (χ2v) is 3.91. The van der Waals surface area contributed by atoms with Gasteiger partial charge in [0, 0.05) is 0 Å². The average Bonchev–Trinajstić information content (AvgIpc) is 2.78. The van der Waals surface area contributed by atoms with E-state index in [0.717, 1.165) is 0 Å². The monoisotopic (exact) mass is 195 g/mol. The Morgan fingerprint density at radius 1 is 1.50 bits per heavy atom. The van der Waals surface area contributed by atoms with Gasteiger partial charge < -0.3 is 9.84 Å². The molecule has 0 radical (unpaired) electrons. The van der Waals surface area contributed by atoms with Gasteiger partial charge >= 0.3 is 0 Å². The van der Waals surface area contributed by atoms with Crippen molar-refractivity contribution in [1.82, 2.24) is 5.32 Å². The third kappa shape index (κ3) is 0.689. The van der Waals surface area contributed by atoms with Crippen molar-refractivity contribution in [3.05, 3.63) is 12.2 Å². The highest BCUT2D eigenvalue weighted by Gasteiger charge is 2.65. The minimum absolute atomic E-state index is 0.262. The van der Waals surface area contributed by atoms with Crippen molar-refractivity contribution in [3.8, 4) is 0 Å². The van der Waals surface area contributed by atoms with E-state index in [2.05, 4.69) is 5.32 Å². The van der Waals surface area contributed by atoms with Gasteiger partial charge in [-0.2, -0.15) is 0 Å². The van der Waals surface area contributed by atoms with Crippen LogP contribution in [0.15, 0.2) is 12.2 Å². The molecule has 0 unspecified atom stereocenters. The molecule has 14 heavy (non-hydrogen) atoms. The Balaban J connectivity index is 2.10. The molecule has 2 N–H and O–H groups in total. The minimum atomic E-state index is -0.953. The number of fused-ring (bicyclic) bond motifs is 5. The van der Waals surface area contributed by atoms with E-state index < -0.39 is 17.4 Å². The summed E-state index contributed by atoms with van der Waals surface area (Å²) >= 11 is 0. The van der Waals surface area contributed by atoms with Crippen molar-refractivity contribution >= 4 is 11.8 Å². The molecule has 3 aliphatic rings. The highest BCUT2D eigenvalue weighted by molar-refractivity contribution is 6.07. The normalized spacial score (nSPS) is 48.5. The summed E-state index contributed by atoms with van der Waals surface area (Å²) in [4.78, 5) is 22.8. The molecule has 0 aromatic rings. The second-order valence-electron chi connectivity index (χ2n) is 3.91. The van der Waals surface area contributed by atoms with Crippen LogP contribution in [0.4, 0.5) is 0 Å². The molecule has 3 aliphatic heterocycles. The van der Waals surface area contributed by atoms with E-state index in [-0.39, 0.29) is 24.5 Å². The number of hydrogen-bond donors (Lipinski definition) is 2. The topological polar surface area (TPSA) is 75.6 Å². The Hall–Kier alpha value is -1.20. The molecular weight excluding hydrogens is 186 g/mol. The first-order valence-corrected chi connectivity index (χ1v) is 4.51. The smallest absolute Gasteiger partial charge is 0.233 e. The Kier molecular flexibility index (Phi) is 1.30. The number of carbonyl (C=O) groups excluding carboxylic acids is 2. The molecule has 3 rings (SSSR count). The van der Waals surface area contributed by atoms with Gasteiger partial charge in [-0.3, -0.25) is 14.9 Å². The second kappa shape index (κ2) is 2.24. The van der Waals surface area contributed by atoms with E-state index >= 15 is 0 Å². The molecule has 3 heterocycles. The molecule has 0 aromatic carbocycles. The van der Waals surface area contributed by atoms with E-state index in [4.69, 9.17) is 4.74 Å². The van der Waals surface area contributed by atoms with Crippen LogP contribution in [0.2, 0.25) is 0 Å². The summed E-state index contributed by atoms with van der Waals surface area (Å²) in [6.07, 6.45) is 3.09. The summed E-state index contributed by atoms with van der Waals surface area (Å²) in [5, 5.41) is 11.5. The molecule has 0 saturated carbocycles. The van der Waals surface area contributed by atoms with E-state index in [9.17, 15) is 14.7 Å². The zero-order chi connectivity index (χ0) is 9.92. The van der Waals surface area contributed by atoms with Crippen LogP contribution in [0, 0.1) is 11.8 Å². The van der Waals surface area contributed by atoms with Crippen LogP contribution in [0.25, 0.3) is 0 Å². The zero-order valence-electron chi connectivity index (χ0n) is 7.27. The lowest BCUT2D eigenvalue weighted by atomic mass is 9.77. The van der Waals surface area contributed by atoms with Crippen molar-refractivity contribution in [2.24, 2.45) is 11.8 Å². The predicted octanol–water partition coefficient (Wildman–Crippen LogP) is -1.43. The fourth-order valence-corrected chi connectivity index (χ4v) is 2.61. The van der Waals surface area contributed by atoms with Crippen LogP contribution >= 0.6 is 0 Å². The summed E-state index contributed by atoms with van der Waals surface area (Å²) in [6.45, 7) is -0.262. The molecule has 2 amide bonds. The number of rotatable bonds is 1. The maximum Gasteiger partial charge on any atom is 0.233 e. The fourth-order valence-electron chi connectivity index (χ4n) is 2.61. The number of hydrogen-bond acceptors (Lipinski definition) is 4. The Morgan fingerprint density at radius 3 is 3.00 bits per heavy atom. The first kappa shape index (κ1) is 8.14. The van der Waals surface area contributed by atoms with Gasteiger partial charge in [-0.25, -0.2) is 0 Å². The Bertz CT molecular complexity index is 364. The number of carbonyl (C=O) groups is 2. The van der Waals surface area contributed by atoms with Gasteiger partial charge in [0.2, 0.25) is 11.8 Å². The first-order chi connectivity index (χ1) is 6.68. The van der Waals surface area contributed by atoms with Gasteiger partial charge in [0.05, 0.1) is 24.5 Å². The quantitative estimate of drug-likeness (QED) is 0.397. The molecule has 4 atom stereocenters. The summed E-state index contributed by atoms with van der Waals surface area (Å²) < 4.78 is 5.47. The molecule has 5 nitrogen and oxygen atoms in total. The molecule has 2 saturated heterocycles. The number of ether oxygens (including phenoxy) is 1. The summed E-state index contributed by atoms with van der Waals surface area (Å²) in [7, 11) is 0. The predicted molar refractivity (Wildman–Crippen MR) is 44.0 cm³/mol. The summed E-state index contributed by atoms with van der Waals surface area (Å²) in [6, 6.07) is 0. The van der Waals surface area contributed by atoms with Crippen LogP contribution in [-0.4, -0.2) is 35.2 Å². The van der Waals surface area contributed by atoms with E-state index in [0.29, 0.717) is 0 Å². The molecule has 2 fully saturated rings. The third-order valence-corrected chi connectivity index (χ3v) is 3.24. The Labute approximate surface area is 79.7 Å². The summed E-state index contributed by atoms with van der Waals surface area (Å²) in [5.74, 6) is -1.61. The molecule has 74 valence electrons. The van der Waals surface area contributed by atoms with Gasteiger partial charge in [0.15, 0.2) is 0 Å². The highest BCUT2D eigenvalue weighted by atomic mass is 16.5. The van der Waals surface area contributed by atoms with E-state index in [1.54, 1.807) is 12.2 Å². The van der Waals surface area contributed by atoms with Gasteiger partial charge in [0.25, 0.3) is 0 Å². The van der Waals surface area contributed by atoms with Crippen LogP contribution in [0.3, 0.4) is 0 Å². The number of nitrogens with one attached hydrogen (secondary N) is 1. The van der Waals surface area contributed by atoms with E-state index in [1.807, 2.05) is 0 Å². The number of aliphatic hydroxyl groups excluding tert-OH is 1. The molecule has 0 spiro atoms. The van der Waals surface area contributed by atoms with Crippen LogP contribution in [0.1, 0.15) is 0 Å². The van der Waals surface area contributed by atoms with Crippen LogP contribution in [-0.2, 0) is 14.3 Å². The van der Waals surface area contributed by atoms with Crippen molar-refractivity contribution in [1.29, 1.82) is 0 Å². The molecule has 2 bridgehead atoms. The van der Waals surface area contributed by atoms with Crippen molar-refractivity contribution in [3.63, 3.8) is 0 Å². The van der Waals surface area contributed by atoms with Gasteiger partial charge in [0.1, 0.15) is 5.60 Å². The maximum absolute atomic E-state index is 11.5. The van der Waals surface area contributed by atoms with Crippen LogP contribution in [0.5, 0.6) is 0 Å². The molecule has 0 aromatic heterocycles. The SMILES string of the molecule is O=C1NC(=O)[C@H]2[C@@H]1[C@@H]1C=C[C@@]2(CO)O1. The minimum Gasteiger partial charge on any atom is -0.393 e. The lowest BCUT2D eigenvalue weighted by Crippen LogP contribution is -2.42. The van der Waals surface area contributed by atoms with Crippen LogP contribution < -0.4 is 5.32 Å². The highest BCUT2D eigenvalue weighted by Crippen LogP contribution is 2.49. The number of aliphatic hydroxyl groups is 1. The van der Waals surface area contributed by atoms with Crippen molar-refractivity contribution < 1.29 is 19.4 Å². The van der Waals surface area contributed by atoms with Crippen molar-refractivity contribution in [2.75, 3.05) is 6.61 Å². The van der Waals surface area contributed by atoms with Crippen molar-refractivity contribution in [2.45, 2.75) is 11.7 Å². The molecular formula is C9H9NO4. The first-order valence-electron chi connectivity index (χ1n) is 4.51. The molecule has 5 heteroatoms.